The van der Waals surface area contributed by atoms with Crippen molar-refractivity contribution in [2.75, 3.05) is 13.7 Å². The fourth-order valence-electron chi connectivity index (χ4n) is 2.15. The van der Waals surface area contributed by atoms with Gasteiger partial charge in [-0.25, -0.2) is 4.98 Å². The Kier molecular flexibility index (Phi) is 5.30. The summed E-state index contributed by atoms with van der Waals surface area (Å²) in [6, 6.07) is 0. The Morgan fingerprint density at radius 1 is 1.30 bits per heavy atom. The third-order valence-corrected chi connectivity index (χ3v) is 3.67. The van der Waals surface area contributed by atoms with Gasteiger partial charge < -0.3 is 14.5 Å². The molecule has 0 aliphatic heterocycles. The smallest absolute Gasteiger partial charge is 0.313 e. The summed E-state index contributed by atoms with van der Waals surface area (Å²) < 4.78 is 10.1. The minimum Gasteiger partial charge on any atom is -0.469 e. The van der Waals surface area contributed by atoms with Crippen LogP contribution < -0.4 is 5.32 Å². The van der Waals surface area contributed by atoms with Gasteiger partial charge in [0, 0.05) is 13.5 Å². The van der Waals surface area contributed by atoms with E-state index in [1.54, 1.807) is 13.8 Å². The zero-order valence-electron chi connectivity index (χ0n) is 12.7. The number of oxazole rings is 1. The summed E-state index contributed by atoms with van der Waals surface area (Å²) in [6.07, 6.45) is 1.18. The second-order valence-corrected chi connectivity index (χ2v) is 4.81. The van der Waals surface area contributed by atoms with Crippen LogP contribution in [0.4, 0.5) is 0 Å². The van der Waals surface area contributed by atoms with Gasteiger partial charge >= 0.3 is 5.97 Å². The monoisotopic (exact) mass is 282 g/mol. The molecule has 0 unspecified atom stereocenters. The molecule has 6 heteroatoms. The van der Waals surface area contributed by atoms with Crippen molar-refractivity contribution in [2.45, 2.75) is 40.5 Å². The van der Waals surface area contributed by atoms with E-state index in [9.17, 15) is 9.59 Å². The Morgan fingerprint density at radius 3 is 2.30 bits per heavy atom. The number of hydrogen-bond donors (Lipinski definition) is 1. The largest absolute Gasteiger partial charge is 0.469 e. The Morgan fingerprint density at radius 2 is 1.90 bits per heavy atom. The number of ether oxygens (including phenoxy) is 1. The lowest BCUT2D eigenvalue weighted by Gasteiger charge is -2.28. The second-order valence-electron chi connectivity index (χ2n) is 4.81. The van der Waals surface area contributed by atoms with Gasteiger partial charge in [0.1, 0.15) is 0 Å². The lowest BCUT2D eigenvalue weighted by atomic mass is 9.82. The average molecular weight is 282 g/mol. The van der Waals surface area contributed by atoms with Gasteiger partial charge in [-0.3, -0.25) is 9.59 Å². The molecule has 6 nitrogen and oxygen atoms in total. The molecule has 0 atom stereocenters. The van der Waals surface area contributed by atoms with Gasteiger partial charge in [-0.1, -0.05) is 13.8 Å². The maximum Gasteiger partial charge on any atom is 0.313 e. The number of methoxy groups -OCH3 is 1. The van der Waals surface area contributed by atoms with Crippen LogP contribution in [0.3, 0.4) is 0 Å². The summed E-state index contributed by atoms with van der Waals surface area (Å²) in [6.45, 7) is 7.40. The number of esters is 1. The minimum absolute atomic E-state index is 0.188. The molecule has 0 fully saturated rings. The van der Waals surface area contributed by atoms with E-state index in [1.807, 2.05) is 13.8 Å². The molecule has 1 rings (SSSR count). The number of aryl methyl sites for hydroxylation is 2. The highest BCUT2D eigenvalue weighted by Crippen LogP contribution is 2.27. The fourth-order valence-corrected chi connectivity index (χ4v) is 2.15. The van der Waals surface area contributed by atoms with Crippen molar-refractivity contribution < 1.29 is 18.7 Å². The third kappa shape index (κ3) is 3.18. The van der Waals surface area contributed by atoms with Crippen LogP contribution in [-0.2, 0) is 9.53 Å². The van der Waals surface area contributed by atoms with E-state index in [-0.39, 0.29) is 24.2 Å². The Bertz CT molecular complexity index is 489. The van der Waals surface area contributed by atoms with Crippen LogP contribution >= 0.6 is 0 Å². The molecule has 20 heavy (non-hydrogen) atoms. The van der Waals surface area contributed by atoms with Crippen LogP contribution in [0.5, 0.6) is 0 Å². The van der Waals surface area contributed by atoms with E-state index >= 15 is 0 Å². The van der Waals surface area contributed by atoms with Gasteiger partial charge in [0.05, 0.1) is 18.2 Å². The molecule has 0 aliphatic rings. The van der Waals surface area contributed by atoms with Crippen LogP contribution in [0.2, 0.25) is 0 Å². The van der Waals surface area contributed by atoms with E-state index in [4.69, 9.17) is 9.15 Å². The highest BCUT2D eigenvalue weighted by molar-refractivity contribution is 5.92. The molecule has 0 saturated heterocycles. The lowest BCUT2D eigenvalue weighted by molar-refractivity contribution is -0.152. The number of amides is 1. The number of carbonyl (C=O) groups is 2. The molecule has 112 valence electrons. The fraction of sp³-hybridized carbons (Fsp3) is 0.643. The van der Waals surface area contributed by atoms with Gasteiger partial charge in [0.25, 0.3) is 5.91 Å². The van der Waals surface area contributed by atoms with E-state index in [1.165, 1.54) is 7.11 Å². The van der Waals surface area contributed by atoms with Gasteiger partial charge in [0.2, 0.25) is 5.76 Å². The van der Waals surface area contributed by atoms with Crippen LogP contribution in [0.1, 0.15) is 48.8 Å². The van der Waals surface area contributed by atoms with Gasteiger partial charge in [-0.2, -0.15) is 0 Å². The molecule has 0 aliphatic carbocycles. The van der Waals surface area contributed by atoms with Crippen molar-refractivity contribution >= 4 is 11.9 Å². The molecule has 1 aromatic rings. The molecule has 0 spiro atoms. The van der Waals surface area contributed by atoms with Crippen LogP contribution in [0.15, 0.2) is 4.42 Å². The number of hydrogen-bond acceptors (Lipinski definition) is 5. The number of carbonyl (C=O) groups excluding carboxylic acids is 2. The molecule has 1 N–H and O–H groups in total. The maximum atomic E-state index is 12.1. The van der Waals surface area contributed by atoms with Crippen molar-refractivity contribution in [3.05, 3.63) is 17.3 Å². The summed E-state index contributed by atoms with van der Waals surface area (Å²) >= 11 is 0. The first-order valence-corrected chi connectivity index (χ1v) is 6.70. The SMILES string of the molecule is CCC(CC)(CNC(=O)c1oc(C)nc1C)C(=O)OC. The second kappa shape index (κ2) is 6.54. The molecule has 1 heterocycles. The summed E-state index contributed by atoms with van der Waals surface area (Å²) in [7, 11) is 1.36. The third-order valence-electron chi connectivity index (χ3n) is 3.67. The minimum atomic E-state index is -0.701. The molecule has 0 saturated carbocycles. The zero-order valence-corrected chi connectivity index (χ0v) is 12.7. The molecule has 1 aromatic heterocycles. The molecule has 0 bridgehead atoms. The summed E-state index contributed by atoms with van der Waals surface area (Å²) in [5.74, 6) is -0.0436. The van der Waals surface area contributed by atoms with Crippen LogP contribution in [-0.4, -0.2) is 30.5 Å². The maximum absolute atomic E-state index is 12.1. The van der Waals surface area contributed by atoms with Gasteiger partial charge in [-0.05, 0) is 19.8 Å². The standard InChI is InChI=1S/C14H22N2O4/c1-6-14(7-2,13(18)19-5)8-15-12(17)11-9(3)16-10(4)20-11/h6-8H2,1-5H3,(H,15,17). The number of nitrogens with one attached hydrogen (secondary N) is 1. The molecular weight excluding hydrogens is 260 g/mol. The number of rotatable bonds is 6. The highest BCUT2D eigenvalue weighted by atomic mass is 16.5. The Balaban J connectivity index is 2.80. The van der Waals surface area contributed by atoms with Crippen molar-refractivity contribution in [1.82, 2.24) is 10.3 Å². The molecule has 1 amide bonds. The lowest BCUT2D eigenvalue weighted by Crippen LogP contribution is -2.43. The summed E-state index contributed by atoms with van der Waals surface area (Å²) in [5, 5.41) is 2.74. The van der Waals surface area contributed by atoms with E-state index in [0.717, 1.165) is 0 Å². The quantitative estimate of drug-likeness (QED) is 0.807. The van der Waals surface area contributed by atoms with Crippen LogP contribution in [0, 0.1) is 19.3 Å². The molecular formula is C14H22N2O4. The normalized spacial score (nSPS) is 11.2. The highest BCUT2D eigenvalue weighted by Gasteiger charge is 2.36. The topological polar surface area (TPSA) is 81.4 Å². The van der Waals surface area contributed by atoms with Crippen molar-refractivity contribution in [2.24, 2.45) is 5.41 Å². The van der Waals surface area contributed by atoms with Crippen molar-refractivity contribution in [3.8, 4) is 0 Å². The number of aromatic nitrogens is 1. The van der Waals surface area contributed by atoms with E-state index < -0.39 is 5.41 Å². The van der Waals surface area contributed by atoms with E-state index in [2.05, 4.69) is 10.3 Å². The van der Waals surface area contributed by atoms with Gasteiger partial charge in [-0.15, -0.1) is 0 Å². The Labute approximate surface area is 118 Å². The predicted octanol–water partition coefficient (Wildman–Crippen LogP) is 2.00. The van der Waals surface area contributed by atoms with E-state index in [0.29, 0.717) is 24.4 Å². The molecule has 0 radical (unpaired) electrons. The van der Waals surface area contributed by atoms with Crippen LogP contribution in [0.25, 0.3) is 0 Å². The first-order chi connectivity index (χ1) is 9.40. The van der Waals surface area contributed by atoms with Crippen molar-refractivity contribution in [3.63, 3.8) is 0 Å². The first kappa shape index (κ1) is 16.2. The predicted molar refractivity (Wildman–Crippen MR) is 73.3 cm³/mol. The summed E-state index contributed by atoms with van der Waals surface area (Å²) in [5.41, 5.74) is -0.162. The Hall–Kier alpha value is -1.85. The molecule has 0 aromatic carbocycles. The summed E-state index contributed by atoms with van der Waals surface area (Å²) in [4.78, 5) is 28.0. The zero-order chi connectivity index (χ0) is 15.3. The number of nitrogens with zero attached hydrogens (tertiary/aromatic N) is 1. The van der Waals surface area contributed by atoms with Gasteiger partial charge in [0.15, 0.2) is 5.89 Å². The average Bonchev–Trinajstić information content (AvgIpc) is 2.78. The first-order valence-electron chi connectivity index (χ1n) is 6.70. The van der Waals surface area contributed by atoms with Crippen molar-refractivity contribution in [1.29, 1.82) is 0 Å².